The number of aryl methyl sites for hydroxylation is 1. The third-order valence-corrected chi connectivity index (χ3v) is 5.62. The maximum Gasteiger partial charge on any atom is 0.238 e. The van der Waals surface area contributed by atoms with Crippen molar-refractivity contribution in [2.24, 2.45) is 10.2 Å². The van der Waals surface area contributed by atoms with Gasteiger partial charge in [-0.05, 0) is 61.1 Å². The molecule has 0 amide bonds. The van der Waals surface area contributed by atoms with Gasteiger partial charge in [0, 0.05) is 11.1 Å². The lowest BCUT2D eigenvalue weighted by Crippen LogP contribution is -2.11. The lowest BCUT2D eigenvalue weighted by molar-refractivity contribution is 0.574. The maximum atomic E-state index is 11.4. The van der Waals surface area contributed by atoms with Gasteiger partial charge in [0.05, 0.1) is 11.1 Å². The van der Waals surface area contributed by atoms with Crippen LogP contribution in [-0.2, 0) is 10.0 Å². The van der Waals surface area contributed by atoms with Gasteiger partial charge in [-0.2, -0.15) is 14.9 Å². The molecule has 0 aliphatic rings. The number of aromatic nitrogens is 3. The first-order valence-corrected chi connectivity index (χ1v) is 10.8. The van der Waals surface area contributed by atoms with Gasteiger partial charge in [-0.1, -0.05) is 24.3 Å². The van der Waals surface area contributed by atoms with Gasteiger partial charge in [0.1, 0.15) is 11.5 Å². The second-order valence-electron chi connectivity index (χ2n) is 6.50. The Kier molecular flexibility index (Phi) is 5.20. The molecule has 0 atom stereocenters. The smallest absolute Gasteiger partial charge is 0.238 e. The monoisotopic (exact) mass is 439 g/mol. The largest absolute Gasteiger partial charge is 0.455 e. The first kappa shape index (κ1) is 20.0. The lowest BCUT2D eigenvalue weighted by Gasteiger charge is -2.03. The zero-order valence-electron chi connectivity index (χ0n) is 15.8. The SMILES string of the molecule is Cc1ccccc1-c1n[nH]c(=S)n1/N=C\c1ccc(-c2ccc(S(N)(=O)=O)cc2)o1. The number of benzene rings is 2. The zero-order chi connectivity index (χ0) is 21.3. The maximum absolute atomic E-state index is 11.4. The molecule has 8 nitrogen and oxygen atoms in total. The number of sulfonamides is 1. The highest BCUT2D eigenvalue weighted by molar-refractivity contribution is 7.89. The van der Waals surface area contributed by atoms with E-state index < -0.39 is 10.0 Å². The van der Waals surface area contributed by atoms with Gasteiger partial charge in [0.15, 0.2) is 5.82 Å². The van der Waals surface area contributed by atoms with Crippen LogP contribution in [0.1, 0.15) is 11.3 Å². The molecule has 2 aromatic carbocycles. The van der Waals surface area contributed by atoms with Crippen molar-refractivity contribution in [3.8, 4) is 22.7 Å². The fourth-order valence-corrected chi connectivity index (χ4v) is 3.59. The number of hydrogen-bond donors (Lipinski definition) is 2. The summed E-state index contributed by atoms with van der Waals surface area (Å²) in [6.07, 6.45) is 1.54. The van der Waals surface area contributed by atoms with E-state index in [9.17, 15) is 8.42 Å². The van der Waals surface area contributed by atoms with Crippen LogP contribution in [0.2, 0.25) is 0 Å². The molecule has 0 saturated heterocycles. The van der Waals surface area contributed by atoms with Crippen molar-refractivity contribution in [2.75, 3.05) is 0 Å². The molecule has 152 valence electrons. The van der Waals surface area contributed by atoms with E-state index in [0.29, 0.717) is 27.7 Å². The molecule has 2 aromatic heterocycles. The second kappa shape index (κ2) is 7.82. The minimum Gasteiger partial charge on any atom is -0.455 e. The van der Waals surface area contributed by atoms with E-state index in [0.717, 1.165) is 11.1 Å². The van der Waals surface area contributed by atoms with E-state index >= 15 is 0 Å². The Morgan fingerprint density at radius 1 is 1.13 bits per heavy atom. The lowest BCUT2D eigenvalue weighted by atomic mass is 10.1. The Balaban J connectivity index is 1.62. The predicted molar refractivity (Wildman–Crippen MR) is 116 cm³/mol. The van der Waals surface area contributed by atoms with E-state index in [4.69, 9.17) is 21.8 Å². The Bertz CT molecular complexity index is 1400. The highest BCUT2D eigenvalue weighted by Gasteiger charge is 2.11. The molecule has 4 rings (SSSR count). The van der Waals surface area contributed by atoms with Crippen molar-refractivity contribution in [3.05, 3.63) is 76.8 Å². The predicted octanol–water partition coefficient (Wildman–Crippen LogP) is 3.71. The number of aromatic amines is 1. The molecule has 10 heteroatoms. The van der Waals surface area contributed by atoms with Crippen LogP contribution in [0.3, 0.4) is 0 Å². The molecule has 0 spiro atoms. The average molecular weight is 440 g/mol. The minimum absolute atomic E-state index is 0.0395. The summed E-state index contributed by atoms with van der Waals surface area (Å²) in [7, 11) is -3.74. The molecule has 30 heavy (non-hydrogen) atoms. The molecular weight excluding hydrogens is 422 g/mol. The van der Waals surface area contributed by atoms with Crippen LogP contribution in [0.15, 0.2) is 75.1 Å². The number of rotatable bonds is 5. The van der Waals surface area contributed by atoms with E-state index in [1.807, 2.05) is 31.2 Å². The van der Waals surface area contributed by atoms with Crippen LogP contribution in [0.4, 0.5) is 0 Å². The number of hydrogen-bond acceptors (Lipinski definition) is 6. The zero-order valence-corrected chi connectivity index (χ0v) is 17.4. The van der Waals surface area contributed by atoms with Crippen LogP contribution in [0.5, 0.6) is 0 Å². The summed E-state index contributed by atoms with van der Waals surface area (Å²) in [6, 6.07) is 17.4. The third kappa shape index (κ3) is 4.01. The molecule has 0 radical (unpaired) electrons. The van der Waals surface area contributed by atoms with Crippen molar-refractivity contribution in [2.45, 2.75) is 11.8 Å². The standard InChI is InChI=1S/C20H17N5O3S2/c1-13-4-2-3-5-17(13)19-23-24-20(29)25(19)22-12-15-8-11-18(28-15)14-6-9-16(10-7-14)30(21,26)27/h2-12H,1H3,(H,24,29)(H2,21,26,27)/b22-12-. The fourth-order valence-electron chi connectivity index (χ4n) is 2.90. The number of primary sulfonamides is 1. The molecule has 0 aliphatic carbocycles. The summed E-state index contributed by atoms with van der Waals surface area (Å²) in [5.41, 5.74) is 2.67. The average Bonchev–Trinajstić information content (AvgIpc) is 3.33. The Morgan fingerprint density at radius 2 is 1.87 bits per heavy atom. The van der Waals surface area contributed by atoms with Crippen LogP contribution >= 0.6 is 12.2 Å². The van der Waals surface area contributed by atoms with Gasteiger partial charge in [-0.15, -0.1) is 0 Å². The first-order valence-electron chi connectivity index (χ1n) is 8.84. The highest BCUT2D eigenvalue weighted by Crippen LogP contribution is 2.24. The normalized spacial score (nSPS) is 11.9. The highest BCUT2D eigenvalue weighted by atomic mass is 32.2. The summed E-state index contributed by atoms with van der Waals surface area (Å²) >= 11 is 5.30. The number of furan rings is 1. The molecule has 4 aromatic rings. The molecular formula is C20H17N5O3S2. The quantitative estimate of drug-likeness (QED) is 0.363. The number of nitrogens with zero attached hydrogens (tertiary/aromatic N) is 3. The Morgan fingerprint density at radius 3 is 2.57 bits per heavy atom. The van der Waals surface area contributed by atoms with Gasteiger partial charge in [-0.25, -0.2) is 18.7 Å². The first-order chi connectivity index (χ1) is 14.3. The van der Waals surface area contributed by atoms with Gasteiger partial charge in [-0.3, -0.25) is 0 Å². The minimum atomic E-state index is -3.74. The molecule has 0 bridgehead atoms. The van der Waals surface area contributed by atoms with Gasteiger partial charge >= 0.3 is 0 Å². The van der Waals surface area contributed by atoms with Crippen LogP contribution < -0.4 is 5.14 Å². The van der Waals surface area contributed by atoms with E-state index in [1.165, 1.54) is 23.0 Å². The summed E-state index contributed by atoms with van der Waals surface area (Å²) in [4.78, 5) is 0.0395. The van der Waals surface area contributed by atoms with E-state index in [-0.39, 0.29) is 4.90 Å². The van der Waals surface area contributed by atoms with Gasteiger partial charge in [0.25, 0.3) is 0 Å². The van der Waals surface area contributed by atoms with Crippen LogP contribution in [-0.4, -0.2) is 29.5 Å². The van der Waals surface area contributed by atoms with E-state index in [2.05, 4.69) is 15.3 Å². The second-order valence-corrected chi connectivity index (χ2v) is 8.44. The van der Waals surface area contributed by atoms with Crippen LogP contribution in [0.25, 0.3) is 22.7 Å². The number of H-pyrrole nitrogens is 1. The summed E-state index contributed by atoms with van der Waals surface area (Å²) in [6.45, 7) is 1.99. The Labute approximate surface area is 177 Å². The number of nitrogens with one attached hydrogen (secondary N) is 1. The molecule has 0 aliphatic heterocycles. The Hall–Kier alpha value is -3.34. The van der Waals surface area contributed by atoms with Crippen molar-refractivity contribution >= 4 is 28.5 Å². The van der Waals surface area contributed by atoms with Crippen molar-refractivity contribution in [3.63, 3.8) is 0 Å². The molecule has 2 heterocycles. The van der Waals surface area contributed by atoms with Gasteiger partial charge in [0.2, 0.25) is 14.8 Å². The molecule has 0 unspecified atom stereocenters. The van der Waals surface area contributed by atoms with Crippen LogP contribution in [0, 0.1) is 11.7 Å². The third-order valence-electron chi connectivity index (χ3n) is 4.43. The summed E-state index contributed by atoms with van der Waals surface area (Å²) in [5, 5.41) is 16.6. The topological polar surface area (TPSA) is 119 Å². The molecule has 0 saturated carbocycles. The molecule has 3 N–H and O–H groups in total. The van der Waals surface area contributed by atoms with Crippen molar-refractivity contribution in [1.29, 1.82) is 0 Å². The summed E-state index contributed by atoms with van der Waals surface area (Å²) < 4.78 is 30.4. The number of nitrogens with two attached hydrogens (primary N) is 1. The fraction of sp³-hybridized carbons (Fsp3) is 0.0500. The summed E-state index contributed by atoms with van der Waals surface area (Å²) in [5.74, 6) is 1.66. The van der Waals surface area contributed by atoms with Crippen molar-refractivity contribution in [1.82, 2.24) is 14.9 Å². The van der Waals surface area contributed by atoms with Gasteiger partial charge < -0.3 is 4.42 Å². The van der Waals surface area contributed by atoms with Crippen molar-refractivity contribution < 1.29 is 12.8 Å². The van der Waals surface area contributed by atoms with E-state index in [1.54, 1.807) is 24.3 Å². The molecule has 0 fully saturated rings.